The zero-order valence-electron chi connectivity index (χ0n) is 8.74. The van der Waals surface area contributed by atoms with Crippen LogP contribution in [0.1, 0.15) is 29.3 Å². The Morgan fingerprint density at radius 1 is 1.44 bits per heavy atom. The number of hydrogen-bond donors (Lipinski definition) is 1. The topological polar surface area (TPSA) is 54.4 Å². The van der Waals surface area contributed by atoms with Gasteiger partial charge in [0.2, 0.25) is 0 Å². The summed E-state index contributed by atoms with van der Waals surface area (Å²) in [5.74, 6) is -1.70. The van der Waals surface area contributed by atoms with E-state index in [0.29, 0.717) is 5.56 Å². The molecule has 0 aliphatic rings. The van der Waals surface area contributed by atoms with E-state index in [0.717, 1.165) is 6.07 Å². The molecule has 0 aromatic heterocycles. The second-order valence-corrected chi connectivity index (χ2v) is 3.29. The van der Waals surface area contributed by atoms with Crippen molar-refractivity contribution in [1.82, 2.24) is 0 Å². The van der Waals surface area contributed by atoms with Crippen molar-refractivity contribution >= 4 is 17.8 Å². The number of rotatable bonds is 4. The smallest absolute Gasteiger partial charge is 0.307 e. The molecule has 0 aliphatic carbocycles. The molecule has 0 unspecified atom stereocenters. The van der Waals surface area contributed by atoms with Crippen LogP contribution < -0.4 is 0 Å². The molecular weight excluding hydrogens is 211 g/mol. The lowest BCUT2D eigenvalue weighted by Gasteiger charge is -2.01. The van der Waals surface area contributed by atoms with Crippen LogP contribution in [-0.4, -0.2) is 16.9 Å². The van der Waals surface area contributed by atoms with Gasteiger partial charge in [-0.1, -0.05) is 18.2 Å². The Morgan fingerprint density at radius 3 is 2.69 bits per heavy atom. The zero-order chi connectivity index (χ0) is 12.1. The lowest BCUT2D eigenvalue weighted by Crippen LogP contribution is -1.97. The van der Waals surface area contributed by atoms with E-state index >= 15 is 0 Å². The van der Waals surface area contributed by atoms with Crippen molar-refractivity contribution in [3.8, 4) is 0 Å². The minimum absolute atomic E-state index is 0.130. The number of hydrogen-bond acceptors (Lipinski definition) is 2. The Morgan fingerprint density at radius 2 is 2.12 bits per heavy atom. The average molecular weight is 222 g/mol. The number of carboxylic acid groups (broad SMARTS) is 1. The molecule has 4 heteroatoms. The van der Waals surface area contributed by atoms with Gasteiger partial charge in [0.1, 0.15) is 5.82 Å². The molecular formula is C12H11FO3. The van der Waals surface area contributed by atoms with E-state index in [1.54, 1.807) is 0 Å². The van der Waals surface area contributed by atoms with Crippen molar-refractivity contribution in [2.45, 2.75) is 13.3 Å². The van der Waals surface area contributed by atoms with E-state index in [4.69, 9.17) is 5.11 Å². The zero-order valence-corrected chi connectivity index (χ0v) is 8.74. The highest BCUT2D eigenvalue weighted by Gasteiger charge is 2.06. The van der Waals surface area contributed by atoms with Gasteiger partial charge in [-0.15, -0.1) is 0 Å². The summed E-state index contributed by atoms with van der Waals surface area (Å²) in [5, 5.41) is 8.44. The number of benzene rings is 1. The fourth-order valence-electron chi connectivity index (χ4n) is 1.27. The Kier molecular flexibility index (Phi) is 3.94. The molecule has 3 nitrogen and oxygen atoms in total. The summed E-state index contributed by atoms with van der Waals surface area (Å²) < 4.78 is 12.9. The van der Waals surface area contributed by atoms with Gasteiger partial charge in [0, 0.05) is 5.56 Å². The summed E-state index contributed by atoms with van der Waals surface area (Å²) in [6.45, 7) is 1.34. The monoisotopic (exact) mass is 222 g/mol. The molecule has 0 saturated carbocycles. The predicted molar refractivity (Wildman–Crippen MR) is 57.7 cm³/mol. The van der Waals surface area contributed by atoms with Crippen molar-refractivity contribution < 1.29 is 19.1 Å². The van der Waals surface area contributed by atoms with Crippen molar-refractivity contribution in [2.24, 2.45) is 0 Å². The van der Waals surface area contributed by atoms with Crippen LogP contribution in [0.15, 0.2) is 24.3 Å². The Labute approximate surface area is 92.2 Å². The van der Waals surface area contributed by atoms with Crippen molar-refractivity contribution in [1.29, 1.82) is 0 Å². The number of halogens is 1. The Hall–Kier alpha value is -1.97. The van der Waals surface area contributed by atoms with Crippen molar-refractivity contribution in [3.05, 3.63) is 41.2 Å². The number of carboxylic acids is 1. The van der Waals surface area contributed by atoms with Crippen LogP contribution in [0.4, 0.5) is 4.39 Å². The molecule has 1 N–H and O–H groups in total. The first kappa shape index (κ1) is 12.1. The van der Waals surface area contributed by atoms with Gasteiger partial charge < -0.3 is 5.11 Å². The summed E-state index contributed by atoms with van der Waals surface area (Å²) in [6, 6.07) is 3.82. The van der Waals surface area contributed by atoms with Gasteiger partial charge in [-0.2, -0.15) is 0 Å². The number of aliphatic carboxylic acids is 1. The highest BCUT2D eigenvalue weighted by Crippen LogP contribution is 2.14. The van der Waals surface area contributed by atoms with E-state index in [-0.39, 0.29) is 17.8 Å². The van der Waals surface area contributed by atoms with Crippen LogP contribution in [0.3, 0.4) is 0 Å². The molecule has 0 radical (unpaired) electrons. The van der Waals surface area contributed by atoms with Gasteiger partial charge in [-0.3, -0.25) is 9.59 Å². The van der Waals surface area contributed by atoms with E-state index in [1.165, 1.54) is 31.2 Å². The third-order valence-electron chi connectivity index (χ3n) is 1.98. The standard InChI is InChI=1S/C12H11FO3/c1-8(14)11-7-10(13)6-5-9(11)3-2-4-12(15)16/h2-3,5-7H,4H2,1H3,(H,15,16). The summed E-state index contributed by atoms with van der Waals surface area (Å²) in [4.78, 5) is 21.5. The van der Waals surface area contributed by atoms with Crippen molar-refractivity contribution in [3.63, 3.8) is 0 Å². The van der Waals surface area contributed by atoms with Gasteiger partial charge in [0.05, 0.1) is 6.42 Å². The van der Waals surface area contributed by atoms with Crippen LogP contribution >= 0.6 is 0 Å². The summed E-state index contributed by atoms with van der Waals surface area (Å²) in [5.41, 5.74) is 0.775. The van der Waals surface area contributed by atoms with Gasteiger partial charge in [-0.05, 0) is 24.6 Å². The maximum atomic E-state index is 12.9. The predicted octanol–water partition coefficient (Wildman–Crippen LogP) is 2.52. The molecule has 1 aromatic carbocycles. The maximum Gasteiger partial charge on any atom is 0.307 e. The molecule has 84 valence electrons. The van der Waals surface area contributed by atoms with Gasteiger partial charge in [-0.25, -0.2) is 4.39 Å². The third-order valence-corrected chi connectivity index (χ3v) is 1.98. The Balaban J connectivity index is 2.99. The first-order valence-electron chi connectivity index (χ1n) is 4.69. The minimum atomic E-state index is -0.956. The summed E-state index contributed by atoms with van der Waals surface area (Å²) in [7, 11) is 0. The molecule has 0 aliphatic heterocycles. The quantitative estimate of drug-likeness (QED) is 0.796. The molecule has 0 bridgehead atoms. The van der Waals surface area contributed by atoms with E-state index in [2.05, 4.69) is 0 Å². The number of carbonyl (C=O) groups is 2. The molecule has 0 heterocycles. The van der Waals surface area contributed by atoms with Gasteiger partial charge in [0.15, 0.2) is 5.78 Å². The Bertz CT molecular complexity index is 450. The summed E-state index contributed by atoms with van der Waals surface area (Å²) >= 11 is 0. The molecule has 16 heavy (non-hydrogen) atoms. The largest absolute Gasteiger partial charge is 0.481 e. The number of ketones is 1. The maximum absolute atomic E-state index is 12.9. The number of carbonyl (C=O) groups excluding carboxylic acids is 1. The average Bonchev–Trinajstić information content (AvgIpc) is 2.19. The first-order valence-corrected chi connectivity index (χ1v) is 4.69. The van der Waals surface area contributed by atoms with E-state index < -0.39 is 11.8 Å². The second kappa shape index (κ2) is 5.21. The molecule has 0 spiro atoms. The third kappa shape index (κ3) is 3.31. The molecule has 0 fully saturated rings. The van der Waals surface area contributed by atoms with Crippen molar-refractivity contribution in [2.75, 3.05) is 0 Å². The summed E-state index contributed by atoms with van der Waals surface area (Å²) in [6.07, 6.45) is 2.79. The van der Waals surface area contributed by atoms with Gasteiger partial charge >= 0.3 is 5.97 Å². The number of Topliss-reactive ketones (excluding diaryl/α,β-unsaturated/α-hetero) is 1. The first-order chi connectivity index (χ1) is 7.50. The van der Waals surface area contributed by atoms with Crippen LogP contribution in [0, 0.1) is 5.82 Å². The van der Waals surface area contributed by atoms with Crippen LogP contribution in [0.5, 0.6) is 0 Å². The molecule has 1 rings (SSSR count). The fraction of sp³-hybridized carbons (Fsp3) is 0.167. The molecule has 0 atom stereocenters. The van der Waals surface area contributed by atoms with Crippen LogP contribution in [-0.2, 0) is 4.79 Å². The minimum Gasteiger partial charge on any atom is -0.481 e. The highest BCUT2D eigenvalue weighted by atomic mass is 19.1. The van der Waals surface area contributed by atoms with E-state index in [1.807, 2.05) is 0 Å². The normalized spacial score (nSPS) is 10.6. The molecule has 1 aromatic rings. The lowest BCUT2D eigenvalue weighted by atomic mass is 10.0. The fourth-order valence-corrected chi connectivity index (χ4v) is 1.27. The van der Waals surface area contributed by atoms with Crippen LogP contribution in [0.2, 0.25) is 0 Å². The van der Waals surface area contributed by atoms with Gasteiger partial charge in [0.25, 0.3) is 0 Å². The molecule has 0 amide bonds. The SMILES string of the molecule is CC(=O)c1cc(F)ccc1C=CCC(=O)O. The van der Waals surface area contributed by atoms with Crippen LogP contribution in [0.25, 0.3) is 6.08 Å². The molecule has 0 saturated heterocycles. The second-order valence-electron chi connectivity index (χ2n) is 3.29. The highest BCUT2D eigenvalue weighted by molar-refractivity contribution is 5.97. The lowest BCUT2D eigenvalue weighted by molar-refractivity contribution is -0.135. The van der Waals surface area contributed by atoms with E-state index in [9.17, 15) is 14.0 Å².